The molecule has 2 heterocycles. The van der Waals surface area contributed by atoms with Crippen molar-refractivity contribution in [1.29, 1.82) is 0 Å². The number of primary sulfonamides is 1. The maximum Gasteiger partial charge on any atom is 0.337 e. The Kier molecular flexibility index (Phi) is 3.25. The quantitative estimate of drug-likeness (QED) is 0.745. The standard InChI is InChI=1S/C10H11N3O5S/c11-19(17,18)7-3-9(14)13(5-7)8-2-1-6(4-12-8)10(15)16/h1-2,4,7H,3,5H2,(H,15,16)(H2,11,17,18). The van der Waals surface area contributed by atoms with Gasteiger partial charge in [0.25, 0.3) is 0 Å². The van der Waals surface area contributed by atoms with Gasteiger partial charge in [-0.15, -0.1) is 0 Å². The van der Waals surface area contributed by atoms with Gasteiger partial charge in [-0.1, -0.05) is 0 Å². The highest BCUT2D eigenvalue weighted by molar-refractivity contribution is 7.89. The Morgan fingerprint density at radius 3 is 2.58 bits per heavy atom. The summed E-state index contributed by atoms with van der Waals surface area (Å²) in [5.74, 6) is -1.33. The lowest BCUT2D eigenvalue weighted by Crippen LogP contribution is -2.32. The smallest absolute Gasteiger partial charge is 0.337 e. The van der Waals surface area contributed by atoms with Gasteiger partial charge in [0.2, 0.25) is 15.9 Å². The van der Waals surface area contributed by atoms with Gasteiger partial charge in [0.1, 0.15) is 11.1 Å². The van der Waals surface area contributed by atoms with Crippen LogP contribution in [0.5, 0.6) is 0 Å². The van der Waals surface area contributed by atoms with Crippen molar-refractivity contribution in [1.82, 2.24) is 4.98 Å². The Balaban J connectivity index is 2.23. The summed E-state index contributed by atoms with van der Waals surface area (Å²) in [6.45, 7) is -0.0723. The largest absolute Gasteiger partial charge is 0.478 e. The number of hydrogen-bond acceptors (Lipinski definition) is 5. The molecule has 0 aromatic carbocycles. The molecule has 0 spiro atoms. The van der Waals surface area contributed by atoms with E-state index >= 15 is 0 Å². The SMILES string of the molecule is NS(=O)(=O)C1CC(=O)N(c2ccc(C(=O)O)cn2)C1. The number of hydrogen-bond donors (Lipinski definition) is 2. The zero-order chi connectivity index (χ0) is 14.2. The van der Waals surface area contributed by atoms with Gasteiger partial charge in [0.05, 0.1) is 5.56 Å². The van der Waals surface area contributed by atoms with Crippen molar-refractivity contribution >= 4 is 27.7 Å². The number of nitrogens with zero attached hydrogens (tertiary/aromatic N) is 2. The van der Waals surface area contributed by atoms with Gasteiger partial charge in [0, 0.05) is 19.2 Å². The Morgan fingerprint density at radius 2 is 2.16 bits per heavy atom. The van der Waals surface area contributed by atoms with Crippen molar-refractivity contribution in [3.63, 3.8) is 0 Å². The van der Waals surface area contributed by atoms with E-state index in [-0.39, 0.29) is 24.3 Å². The molecule has 1 aromatic heterocycles. The topological polar surface area (TPSA) is 131 Å². The molecule has 8 nitrogen and oxygen atoms in total. The summed E-state index contributed by atoms with van der Waals surface area (Å²) in [4.78, 5) is 27.4. The monoisotopic (exact) mass is 285 g/mol. The highest BCUT2D eigenvalue weighted by Crippen LogP contribution is 2.22. The van der Waals surface area contributed by atoms with Crippen molar-refractivity contribution in [3.05, 3.63) is 23.9 Å². The van der Waals surface area contributed by atoms with E-state index in [1.165, 1.54) is 17.0 Å². The summed E-state index contributed by atoms with van der Waals surface area (Å²) in [7, 11) is -3.78. The predicted molar refractivity (Wildman–Crippen MR) is 65.1 cm³/mol. The molecule has 1 aliphatic heterocycles. The van der Waals surface area contributed by atoms with Gasteiger partial charge in [-0.3, -0.25) is 9.69 Å². The summed E-state index contributed by atoms with van der Waals surface area (Å²) in [5, 5.41) is 12.8. The molecule has 9 heteroatoms. The second kappa shape index (κ2) is 4.59. The van der Waals surface area contributed by atoms with Gasteiger partial charge in [-0.25, -0.2) is 23.3 Å². The van der Waals surface area contributed by atoms with Crippen LogP contribution in [0.2, 0.25) is 0 Å². The van der Waals surface area contributed by atoms with Crippen molar-refractivity contribution in [2.24, 2.45) is 5.14 Å². The first kappa shape index (κ1) is 13.4. The van der Waals surface area contributed by atoms with Crippen molar-refractivity contribution < 1.29 is 23.1 Å². The first-order valence-electron chi connectivity index (χ1n) is 5.30. The summed E-state index contributed by atoms with van der Waals surface area (Å²) in [6.07, 6.45) is 0.913. The summed E-state index contributed by atoms with van der Waals surface area (Å²) in [6, 6.07) is 2.65. The third-order valence-electron chi connectivity index (χ3n) is 2.83. The van der Waals surface area contributed by atoms with Crippen LogP contribution in [0.25, 0.3) is 0 Å². The average Bonchev–Trinajstić information content (AvgIpc) is 2.71. The Bertz CT molecular complexity index is 625. The van der Waals surface area contributed by atoms with E-state index in [9.17, 15) is 18.0 Å². The molecule has 19 heavy (non-hydrogen) atoms. The minimum Gasteiger partial charge on any atom is -0.478 e. The Labute approximate surface area is 108 Å². The van der Waals surface area contributed by atoms with Crippen molar-refractivity contribution in [2.75, 3.05) is 11.4 Å². The second-order valence-corrected chi connectivity index (χ2v) is 5.97. The van der Waals surface area contributed by atoms with Gasteiger partial charge in [0.15, 0.2) is 0 Å². The number of rotatable bonds is 3. The summed E-state index contributed by atoms with van der Waals surface area (Å²) in [5.41, 5.74) is -0.0154. The first-order chi connectivity index (χ1) is 8.79. The molecular weight excluding hydrogens is 274 g/mol. The van der Waals surface area contributed by atoms with Gasteiger partial charge in [-0.05, 0) is 12.1 Å². The van der Waals surface area contributed by atoms with Gasteiger partial charge < -0.3 is 5.11 Å². The maximum atomic E-state index is 11.7. The number of carboxylic acids is 1. The van der Waals surface area contributed by atoms with Crippen LogP contribution in [0.3, 0.4) is 0 Å². The molecular formula is C10H11N3O5S. The lowest BCUT2D eigenvalue weighted by atomic mass is 10.3. The number of carbonyl (C=O) groups is 2. The minimum atomic E-state index is -3.78. The van der Waals surface area contributed by atoms with Crippen LogP contribution in [0.1, 0.15) is 16.8 Å². The molecule has 1 amide bonds. The highest BCUT2D eigenvalue weighted by Gasteiger charge is 2.37. The molecule has 1 saturated heterocycles. The number of amides is 1. The zero-order valence-electron chi connectivity index (χ0n) is 9.68. The van der Waals surface area contributed by atoms with Gasteiger partial charge >= 0.3 is 5.97 Å². The number of carboxylic acid groups (broad SMARTS) is 1. The molecule has 1 unspecified atom stereocenters. The Morgan fingerprint density at radius 1 is 1.47 bits per heavy atom. The molecule has 102 valence electrons. The normalized spacial score (nSPS) is 19.7. The number of aromatic nitrogens is 1. The van der Waals surface area contributed by atoms with E-state index in [4.69, 9.17) is 10.2 Å². The van der Waals surface area contributed by atoms with E-state index in [1.807, 2.05) is 0 Å². The van der Waals surface area contributed by atoms with E-state index in [0.717, 1.165) is 6.20 Å². The fourth-order valence-corrected chi connectivity index (χ4v) is 2.52. The van der Waals surface area contributed by atoms with Crippen LogP contribution in [-0.2, 0) is 14.8 Å². The maximum absolute atomic E-state index is 11.7. The van der Waals surface area contributed by atoms with Crippen LogP contribution in [0.15, 0.2) is 18.3 Å². The number of nitrogens with two attached hydrogens (primary N) is 1. The van der Waals surface area contributed by atoms with Crippen LogP contribution in [-0.4, -0.2) is 42.2 Å². The molecule has 0 aliphatic carbocycles. The fourth-order valence-electron chi connectivity index (χ4n) is 1.79. The van der Waals surface area contributed by atoms with E-state index in [1.54, 1.807) is 0 Å². The molecule has 3 N–H and O–H groups in total. The molecule has 0 bridgehead atoms. The number of carbonyl (C=O) groups excluding carboxylic acids is 1. The third-order valence-corrected chi connectivity index (χ3v) is 4.07. The minimum absolute atomic E-state index is 0.0154. The van der Waals surface area contributed by atoms with Crippen LogP contribution in [0.4, 0.5) is 5.82 Å². The lowest BCUT2D eigenvalue weighted by molar-refractivity contribution is -0.117. The second-order valence-electron chi connectivity index (χ2n) is 4.13. The highest BCUT2D eigenvalue weighted by atomic mass is 32.2. The lowest BCUT2D eigenvalue weighted by Gasteiger charge is -2.14. The molecule has 2 rings (SSSR count). The summed E-state index contributed by atoms with van der Waals surface area (Å²) >= 11 is 0. The number of sulfonamides is 1. The van der Waals surface area contributed by atoms with Crippen LogP contribution < -0.4 is 10.0 Å². The van der Waals surface area contributed by atoms with E-state index < -0.39 is 27.1 Å². The van der Waals surface area contributed by atoms with Crippen molar-refractivity contribution in [2.45, 2.75) is 11.7 Å². The zero-order valence-corrected chi connectivity index (χ0v) is 10.5. The molecule has 0 radical (unpaired) electrons. The molecule has 1 aliphatic rings. The molecule has 0 saturated carbocycles. The van der Waals surface area contributed by atoms with Crippen LogP contribution >= 0.6 is 0 Å². The van der Waals surface area contributed by atoms with Crippen LogP contribution in [0, 0.1) is 0 Å². The van der Waals surface area contributed by atoms with E-state index in [2.05, 4.69) is 4.98 Å². The average molecular weight is 285 g/mol. The molecule has 1 aromatic rings. The first-order valence-corrected chi connectivity index (χ1v) is 6.91. The number of anilines is 1. The third kappa shape index (κ3) is 2.71. The van der Waals surface area contributed by atoms with Gasteiger partial charge in [-0.2, -0.15) is 0 Å². The Hall–Kier alpha value is -2.00. The fraction of sp³-hybridized carbons (Fsp3) is 0.300. The molecule has 1 atom stereocenters. The number of pyridine rings is 1. The summed E-state index contributed by atoms with van der Waals surface area (Å²) < 4.78 is 22.4. The number of aromatic carboxylic acids is 1. The predicted octanol–water partition coefficient (Wildman–Crippen LogP) is -0.826. The van der Waals surface area contributed by atoms with Crippen molar-refractivity contribution in [3.8, 4) is 0 Å². The molecule has 1 fully saturated rings. The van der Waals surface area contributed by atoms with E-state index in [0.29, 0.717) is 0 Å².